The molecule has 3 rings (SSSR count). The summed E-state index contributed by atoms with van der Waals surface area (Å²) < 4.78 is 0. The SMILES string of the molecule is CC(=O)NC1CN(C(=O)CCc2nc3sc(C)c(C)c3c(=O)[nH]2)C1. The number of fused-ring (bicyclic) bond motifs is 1. The quantitative estimate of drug-likeness (QED) is 0.857. The topological polar surface area (TPSA) is 95.2 Å². The highest BCUT2D eigenvalue weighted by Gasteiger charge is 2.30. The molecule has 24 heavy (non-hydrogen) atoms. The molecule has 2 aromatic rings. The number of aryl methyl sites for hydroxylation is 3. The monoisotopic (exact) mass is 348 g/mol. The fraction of sp³-hybridized carbons (Fsp3) is 0.500. The summed E-state index contributed by atoms with van der Waals surface area (Å²) in [5.41, 5.74) is 0.829. The molecule has 7 nitrogen and oxygen atoms in total. The summed E-state index contributed by atoms with van der Waals surface area (Å²) in [6.45, 7) is 6.45. The van der Waals surface area contributed by atoms with Gasteiger partial charge in [-0.15, -0.1) is 11.3 Å². The Bertz CT molecular complexity index is 864. The first kappa shape index (κ1) is 16.6. The van der Waals surface area contributed by atoms with Crippen molar-refractivity contribution in [2.24, 2.45) is 0 Å². The Hall–Kier alpha value is -2.22. The minimum Gasteiger partial charge on any atom is -0.350 e. The van der Waals surface area contributed by atoms with Crippen LogP contribution in [0.15, 0.2) is 4.79 Å². The molecule has 0 saturated carbocycles. The van der Waals surface area contributed by atoms with Crippen LogP contribution in [0, 0.1) is 13.8 Å². The third-order valence-electron chi connectivity index (χ3n) is 4.31. The van der Waals surface area contributed by atoms with Crippen LogP contribution < -0.4 is 10.9 Å². The number of hydrogen-bond acceptors (Lipinski definition) is 5. The average Bonchev–Trinajstić information content (AvgIpc) is 2.75. The van der Waals surface area contributed by atoms with Crippen molar-refractivity contribution >= 4 is 33.4 Å². The number of amides is 2. The van der Waals surface area contributed by atoms with Crippen molar-refractivity contribution in [2.45, 2.75) is 39.7 Å². The lowest BCUT2D eigenvalue weighted by atomic mass is 10.1. The molecule has 2 N–H and O–H groups in total. The fourth-order valence-electron chi connectivity index (χ4n) is 2.86. The molecule has 2 aromatic heterocycles. The first-order valence-electron chi connectivity index (χ1n) is 7.89. The highest BCUT2D eigenvalue weighted by Crippen LogP contribution is 2.25. The van der Waals surface area contributed by atoms with Gasteiger partial charge in [0.25, 0.3) is 5.56 Å². The third-order valence-corrected chi connectivity index (χ3v) is 5.41. The Morgan fingerprint density at radius 2 is 2.08 bits per heavy atom. The minimum absolute atomic E-state index is 0.0119. The summed E-state index contributed by atoms with van der Waals surface area (Å²) >= 11 is 1.50. The van der Waals surface area contributed by atoms with Gasteiger partial charge in [0.15, 0.2) is 0 Å². The van der Waals surface area contributed by atoms with E-state index in [0.29, 0.717) is 37.1 Å². The van der Waals surface area contributed by atoms with Crippen molar-refractivity contribution in [1.82, 2.24) is 20.2 Å². The molecule has 1 aliphatic rings. The number of carbonyl (C=O) groups excluding carboxylic acids is 2. The van der Waals surface area contributed by atoms with Crippen LogP contribution in [0.4, 0.5) is 0 Å². The Morgan fingerprint density at radius 1 is 1.38 bits per heavy atom. The zero-order valence-electron chi connectivity index (χ0n) is 13.9. The predicted molar refractivity (Wildman–Crippen MR) is 92.2 cm³/mol. The van der Waals surface area contributed by atoms with Gasteiger partial charge < -0.3 is 15.2 Å². The average molecular weight is 348 g/mol. The van der Waals surface area contributed by atoms with Crippen LogP contribution in [-0.4, -0.2) is 45.8 Å². The van der Waals surface area contributed by atoms with Gasteiger partial charge in [0.05, 0.1) is 11.4 Å². The molecular weight excluding hydrogens is 328 g/mol. The van der Waals surface area contributed by atoms with E-state index in [2.05, 4.69) is 15.3 Å². The van der Waals surface area contributed by atoms with Gasteiger partial charge in [0, 0.05) is 37.7 Å². The Balaban J connectivity index is 1.61. The molecule has 8 heteroatoms. The summed E-state index contributed by atoms with van der Waals surface area (Å²) in [7, 11) is 0. The van der Waals surface area contributed by atoms with Gasteiger partial charge in [-0.3, -0.25) is 14.4 Å². The van der Waals surface area contributed by atoms with Crippen LogP contribution in [0.25, 0.3) is 10.2 Å². The maximum atomic E-state index is 12.2. The third kappa shape index (κ3) is 3.19. The van der Waals surface area contributed by atoms with Crippen LogP contribution >= 0.6 is 11.3 Å². The van der Waals surface area contributed by atoms with E-state index in [9.17, 15) is 14.4 Å². The fourth-order valence-corrected chi connectivity index (χ4v) is 3.91. The molecule has 0 aromatic carbocycles. The summed E-state index contributed by atoms with van der Waals surface area (Å²) in [6, 6.07) is 0.0535. The van der Waals surface area contributed by atoms with Gasteiger partial charge in [-0.2, -0.15) is 0 Å². The molecule has 3 heterocycles. The molecule has 0 bridgehead atoms. The van der Waals surface area contributed by atoms with Crippen molar-refractivity contribution in [1.29, 1.82) is 0 Å². The van der Waals surface area contributed by atoms with Gasteiger partial charge in [0.2, 0.25) is 11.8 Å². The van der Waals surface area contributed by atoms with E-state index in [4.69, 9.17) is 0 Å². The van der Waals surface area contributed by atoms with Crippen LogP contribution in [0.2, 0.25) is 0 Å². The second-order valence-electron chi connectivity index (χ2n) is 6.17. The number of nitrogens with one attached hydrogen (secondary N) is 2. The number of hydrogen-bond donors (Lipinski definition) is 2. The first-order valence-corrected chi connectivity index (χ1v) is 8.70. The molecule has 2 amide bonds. The van der Waals surface area contributed by atoms with E-state index in [1.165, 1.54) is 18.3 Å². The molecule has 128 valence electrons. The summed E-state index contributed by atoms with van der Waals surface area (Å²) in [5.74, 6) is 0.475. The summed E-state index contributed by atoms with van der Waals surface area (Å²) in [6.07, 6.45) is 0.700. The van der Waals surface area contributed by atoms with Crippen LogP contribution in [0.3, 0.4) is 0 Å². The maximum absolute atomic E-state index is 12.2. The summed E-state index contributed by atoms with van der Waals surface area (Å²) in [4.78, 5) is 46.1. The van der Waals surface area contributed by atoms with E-state index in [1.807, 2.05) is 13.8 Å². The number of carbonyl (C=O) groups is 2. The molecule has 1 aliphatic heterocycles. The van der Waals surface area contributed by atoms with Crippen LogP contribution in [0.1, 0.15) is 29.6 Å². The summed E-state index contributed by atoms with van der Waals surface area (Å²) in [5, 5.41) is 3.43. The Labute approximate surface area is 143 Å². The molecule has 0 unspecified atom stereocenters. The molecule has 1 fully saturated rings. The lowest BCUT2D eigenvalue weighted by molar-refractivity contribution is -0.137. The molecule has 0 atom stereocenters. The number of H-pyrrole nitrogens is 1. The number of nitrogens with zero attached hydrogens (tertiary/aromatic N) is 2. The van der Waals surface area contributed by atoms with Crippen molar-refractivity contribution in [3.8, 4) is 0 Å². The number of likely N-dealkylation sites (tertiary alicyclic amines) is 1. The predicted octanol–water partition coefficient (Wildman–Crippen LogP) is 0.881. The normalized spacial score (nSPS) is 14.7. The second kappa shape index (κ2) is 6.35. The number of thiophene rings is 1. The maximum Gasteiger partial charge on any atom is 0.259 e. The number of rotatable bonds is 4. The van der Waals surface area contributed by atoms with Gasteiger partial charge >= 0.3 is 0 Å². The van der Waals surface area contributed by atoms with E-state index < -0.39 is 0 Å². The molecule has 1 saturated heterocycles. The molecule has 0 aliphatic carbocycles. The second-order valence-corrected chi connectivity index (χ2v) is 7.38. The lowest BCUT2D eigenvalue weighted by Gasteiger charge is -2.39. The van der Waals surface area contributed by atoms with Crippen LogP contribution in [-0.2, 0) is 16.0 Å². The van der Waals surface area contributed by atoms with Crippen molar-refractivity contribution < 1.29 is 9.59 Å². The lowest BCUT2D eigenvalue weighted by Crippen LogP contribution is -2.60. The van der Waals surface area contributed by atoms with E-state index in [0.717, 1.165) is 15.3 Å². The number of aromatic nitrogens is 2. The zero-order chi connectivity index (χ0) is 17.4. The van der Waals surface area contributed by atoms with Gasteiger partial charge in [-0.1, -0.05) is 0 Å². The largest absolute Gasteiger partial charge is 0.350 e. The van der Waals surface area contributed by atoms with Crippen molar-refractivity contribution in [3.05, 3.63) is 26.6 Å². The van der Waals surface area contributed by atoms with Crippen molar-refractivity contribution in [3.63, 3.8) is 0 Å². The zero-order valence-corrected chi connectivity index (χ0v) is 14.7. The Morgan fingerprint density at radius 3 is 2.75 bits per heavy atom. The molecule has 0 spiro atoms. The minimum atomic E-state index is -0.140. The van der Waals surface area contributed by atoms with E-state index >= 15 is 0 Å². The standard InChI is InChI=1S/C16H20N4O3S/c1-8-9(2)24-16-14(8)15(23)18-12(19-16)4-5-13(22)20-6-11(7-20)17-10(3)21/h11H,4-7H2,1-3H3,(H,17,21)(H,18,19,23). The molecule has 0 radical (unpaired) electrons. The van der Waals surface area contributed by atoms with E-state index in [-0.39, 0.29) is 23.4 Å². The smallest absolute Gasteiger partial charge is 0.259 e. The number of aromatic amines is 1. The first-order chi connectivity index (χ1) is 11.3. The molecular formula is C16H20N4O3S. The highest BCUT2D eigenvalue weighted by molar-refractivity contribution is 7.18. The van der Waals surface area contributed by atoms with Crippen LogP contribution in [0.5, 0.6) is 0 Å². The van der Waals surface area contributed by atoms with Crippen molar-refractivity contribution in [2.75, 3.05) is 13.1 Å². The van der Waals surface area contributed by atoms with Gasteiger partial charge in [0.1, 0.15) is 10.7 Å². The van der Waals surface area contributed by atoms with Gasteiger partial charge in [-0.25, -0.2) is 4.98 Å². The highest BCUT2D eigenvalue weighted by atomic mass is 32.1. The van der Waals surface area contributed by atoms with E-state index in [1.54, 1.807) is 4.90 Å². The van der Waals surface area contributed by atoms with Gasteiger partial charge in [-0.05, 0) is 19.4 Å². The Kier molecular flexibility index (Phi) is 4.40.